The van der Waals surface area contributed by atoms with Crippen molar-refractivity contribution in [2.75, 3.05) is 18.0 Å². The highest BCUT2D eigenvalue weighted by Gasteiger charge is 2.31. The fourth-order valence-electron chi connectivity index (χ4n) is 3.58. The number of alkyl halides is 3. The van der Waals surface area contributed by atoms with Crippen LogP contribution in [0.25, 0.3) is 16.8 Å². The zero-order chi connectivity index (χ0) is 24.9. The van der Waals surface area contributed by atoms with Gasteiger partial charge in [0.15, 0.2) is 0 Å². The Balaban J connectivity index is 1.94. The van der Waals surface area contributed by atoms with Crippen LogP contribution in [-0.2, 0) is 4.79 Å². The maximum Gasteiger partial charge on any atom is 0.417 e. The first-order chi connectivity index (χ1) is 16.1. The number of carbonyl (C=O) groups is 1. The fraction of sp³-hybridized carbons (Fsp3) is 0.304. The summed E-state index contributed by atoms with van der Waals surface area (Å²) >= 11 is 6.34. The highest BCUT2D eigenvalue weighted by molar-refractivity contribution is 6.33. The number of pyridine rings is 1. The Hall–Kier alpha value is -3.40. The number of allylic oxidation sites excluding steroid dienone is 4. The minimum Gasteiger partial charge on any atom is -0.404 e. The molecule has 3 N–H and O–H groups in total. The topological polar surface area (TPSA) is 97.0 Å². The van der Waals surface area contributed by atoms with Crippen molar-refractivity contribution in [1.29, 1.82) is 0 Å². The Bertz CT molecular complexity index is 1120. The van der Waals surface area contributed by atoms with Crippen molar-refractivity contribution in [3.63, 3.8) is 0 Å². The minimum atomic E-state index is -4.60. The van der Waals surface area contributed by atoms with Crippen LogP contribution in [0.2, 0.25) is 5.02 Å². The van der Waals surface area contributed by atoms with Crippen LogP contribution in [-0.4, -0.2) is 46.2 Å². The van der Waals surface area contributed by atoms with Crippen molar-refractivity contribution >= 4 is 28.9 Å². The number of hydrogen-bond donors (Lipinski definition) is 2. The first-order valence-corrected chi connectivity index (χ1v) is 10.8. The smallest absolute Gasteiger partial charge is 0.404 e. The van der Waals surface area contributed by atoms with Crippen LogP contribution in [0.5, 0.6) is 0 Å². The summed E-state index contributed by atoms with van der Waals surface area (Å²) in [5.74, 6) is 0.518. The summed E-state index contributed by atoms with van der Waals surface area (Å²) in [6.07, 6.45) is 3.95. The van der Waals surface area contributed by atoms with Crippen LogP contribution in [0, 0.1) is 0 Å². The number of nitrogens with zero attached hydrogens (tertiary/aromatic N) is 4. The molecule has 3 heterocycles. The molecule has 2 aromatic heterocycles. The van der Waals surface area contributed by atoms with Gasteiger partial charge >= 0.3 is 6.18 Å². The zero-order valence-corrected chi connectivity index (χ0v) is 19.2. The molecule has 1 saturated heterocycles. The molecular weight excluding hydrogens is 469 g/mol. The lowest BCUT2D eigenvalue weighted by atomic mass is 10.0. The lowest BCUT2D eigenvalue weighted by Crippen LogP contribution is -2.44. The Morgan fingerprint density at radius 3 is 2.59 bits per heavy atom. The van der Waals surface area contributed by atoms with Gasteiger partial charge in [0.1, 0.15) is 11.5 Å². The molecule has 0 aromatic carbocycles. The second kappa shape index (κ2) is 10.7. The Morgan fingerprint density at radius 2 is 2.00 bits per heavy atom. The predicted molar refractivity (Wildman–Crippen MR) is 126 cm³/mol. The molecule has 2 aromatic rings. The third kappa shape index (κ3) is 6.13. The molecule has 11 heteroatoms. The monoisotopic (exact) mass is 492 g/mol. The van der Waals surface area contributed by atoms with E-state index < -0.39 is 11.7 Å². The number of hydrogen-bond acceptors (Lipinski definition) is 6. The molecule has 1 aliphatic heterocycles. The van der Waals surface area contributed by atoms with Crippen molar-refractivity contribution < 1.29 is 18.0 Å². The molecule has 0 radical (unpaired) electrons. The second-order valence-corrected chi connectivity index (χ2v) is 8.13. The number of carbonyl (C=O) groups excluding carboxylic acids is 1. The summed E-state index contributed by atoms with van der Waals surface area (Å²) < 4.78 is 39.0. The van der Waals surface area contributed by atoms with Gasteiger partial charge in [-0.3, -0.25) is 14.8 Å². The molecule has 7 nitrogen and oxygen atoms in total. The van der Waals surface area contributed by atoms with Gasteiger partial charge in [-0.05, 0) is 30.6 Å². The van der Waals surface area contributed by atoms with E-state index in [1.54, 1.807) is 12.3 Å². The lowest BCUT2D eigenvalue weighted by Gasteiger charge is -2.33. The van der Waals surface area contributed by atoms with E-state index in [0.717, 1.165) is 18.9 Å². The van der Waals surface area contributed by atoms with E-state index in [9.17, 15) is 18.0 Å². The lowest BCUT2D eigenvalue weighted by molar-refractivity contribution is -0.119. The van der Waals surface area contributed by atoms with E-state index in [1.807, 2.05) is 4.90 Å². The molecule has 0 spiro atoms. The van der Waals surface area contributed by atoms with Gasteiger partial charge in [-0.25, -0.2) is 4.98 Å². The summed E-state index contributed by atoms with van der Waals surface area (Å²) in [6.45, 7) is 6.67. The van der Waals surface area contributed by atoms with Crippen LogP contribution in [0.1, 0.15) is 25.5 Å². The summed E-state index contributed by atoms with van der Waals surface area (Å²) in [5, 5.41) is 3.24. The van der Waals surface area contributed by atoms with E-state index in [-0.39, 0.29) is 23.2 Å². The maximum atomic E-state index is 13.0. The van der Waals surface area contributed by atoms with Crippen molar-refractivity contribution in [3.8, 4) is 11.3 Å². The van der Waals surface area contributed by atoms with Gasteiger partial charge in [-0.15, -0.1) is 0 Å². The standard InChI is InChI=1S/C23H24ClF3N6O/c1-14(3-4-16(11-28)23(25,26)27)21-22(18-5-8-29-12-19(18)24)32-20(13-30-21)33-9-6-17(7-10-33)31-15(2)34/h3-5,8,11-13,17H,1,6-7,9-10,28H2,2H3,(H,31,34)/b4-3-,16-11+. The van der Waals surface area contributed by atoms with Crippen LogP contribution >= 0.6 is 11.6 Å². The molecule has 0 saturated carbocycles. The van der Waals surface area contributed by atoms with E-state index >= 15 is 0 Å². The molecule has 0 aliphatic carbocycles. The SMILES string of the molecule is C=C(/C=C\C(=C/N)C(F)(F)F)c1ncc(N2CCC(NC(C)=O)CC2)nc1-c1ccncc1Cl. The number of nitrogens with one attached hydrogen (secondary N) is 1. The summed E-state index contributed by atoms with van der Waals surface area (Å²) in [5.41, 5.74) is 5.48. The maximum absolute atomic E-state index is 13.0. The van der Waals surface area contributed by atoms with Gasteiger partial charge in [0.05, 0.1) is 22.5 Å². The minimum absolute atomic E-state index is 0.0677. The van der Waals surface area contributed by atoms with Gasteiger partial charge in [0, 0.05) is 50.2 Å². The number of piperidine rings is 1. The van der Waals surface area contributed by atoms with Gasteiger partial charge in [0.2, 0.25) is 5.91 Å². The summed E-state index contributed by atoms with van der Waals surface area (Å²) in [4.78, 5) is 26.5. The molecule has 0 atom stereocenters. The largest absolute Gasteiger partial charge is 0.417 e. The van der Waals surface area contributed by atoms with Crippen LogP contribution in [0.3, 0.4) is 0 Å². The molecule has 1 fully saturated rings. The van der Waals surface area contributed by atoms with Gasteiger partial charge in [0.25, 0.3) is 0 Å². The van der Waals surface area contributed by atoms with Crippen LogP contribution in [0.15, 0.2) is 55.2 Å². The number of amides is 1. The van der Waals surface area contributed by atoms with Crippen molar-refractivity contribution in [2.24, 2.45) is 5.73 Å². The van der Waals surface area contributed by atoms with Crippen LogP contribution in [0.4, 0.5) is 19.0 Å². The number of aromatic nitrogens is 3. The Labute approximate surface area is 200 Å². The van der Waals surface area contributed by atoms with E-state index in [1.165, 1.54) is 25.4 Å². The third-order valence-electron chi connectivity index (χ3n) is 5.29. The predicted octanol–water partition coefficient (Wildman–Crippen LogP) is 4.27. The number of rotatable bonds is 6. The molecule has 34 heavy (non-hydrogen) atoms. The molecular formula is C23H24ClF3N6O. The molecule has 3 rings (SSSR count). The first kappa shape index (κ1) is 25.2. The highest BCUT2D eigenvalue weighted by Crippen LogP contribution is 2.33. The average Bonchev–Trinajstić information content (AvgIpc) is 2.78. The number of anilines is 1. The van der Waals surface area contributed by atoms with Crippen LogP contribution < -0.4 is 16.0 Å². The molecule has 0 bridgehead atoms. The highest BCUT2D eigenvalue weighted by atomic mass is 35.5. The normalized spacial score (nSPS) is 15.6. The molecule has 1 amide bonds. The van der Waals surface area contributed by atoms with Gasteiger partial charge in [-0.1, -0.05) is 24.3 Å². The number of halogens is 4. The zero-order valence-electron chi connectivity index (χ0n) is 18.4. The van der Waals surface area contributed by atoms with Gasteiger partial charge in [-0.2, -0.15) is 13.2 Å². The van der Waals surface area contributed by atoms with Crippen molar-refractivity contribution in [3.05, 3.63) is 65.9 Å². The second-order valence-electron chi connectivity index (χ2n) is 7.72. The third-order valence-corrected chi connectivity index (χ3v) is 5.59. The molecule has 0 unspecified atom stereocenters. The fourth-order valence-corrected chi connectivity index (χ4v) is 3.79. The molecule has 1 aliphatic rings. The van der Waals surface area contributed by atoms with E-state index in [4.69, 9.17) is 22.3 Å². The average molecular weight is 493 g/mol. The summed E-state index contributed by atoms with van der Waals surface area (Å²) in [7, 11) is 0. The quantitative estimate of drug-likeness (QED) is 0.584. The van der Waals surface area contributed by atoms with E-state index in [2.05, 4.69) is 21.9 Å². The Kier molecular flexibility index (Phi) is 7.93. The van der Waals surface area contributed by atoms with E-state index in [0.29, 0.717) is 41.4 Å². The molecule has 180 valence electrons. The Morgan fingerprint density at radius 1 is 1.29 bits per heavy atom. The summed E-state index contributed by atoms with van der Waals surface area (Å²) in [6, 6.07) is 1.75. The van der Waals surface area contributed by atoms with Crippen molar-refractivity contribution in [1.82, 2.24) is 20.3 Å². The van der Waals surface area contributed by atoms with Gasteiger partial charge < -0.3 is 16.0 Å². The first-order valence-electron chi connectivity index (χ1n) is 10.5. The van der Waals surface area contributed by atoms with Crippen molar-refractivity contribution in [2.45, 2.75) is 32.0 Å². The number of nitrogens with two attached hydrogens (primary N) is 1.